The van der Waals surface area contributed by atoms with Crippen LogP contribution in [0.15, 0.2) is 0 Å². The zero-order valence-corrected chi connectivity index (χ0v) is 4.79. The molecular weight excluding hydrogens is 122 g/mol. The maximum Gasteiger partial charge on any atom is 0.320 e. The maximum atomic E-state index is 9.96. The highest BCUT2D eigenvalue weighted by Gasteiger charge is 2.11. The fraction of sp³-hybridized carbons (Fsp3) is 0.500. The number of rotatable bonds is 3. The van der Waals surface area contributed by atoms with Crippen molar-refractivity contribution in [3.8, 4) is 0 Å². The van der Waals surface area contributed by atoms with E-state index >= 15 is 0 Å². The molecule has 0 aromatic heterocycles. The quantitative estimate of drug-likeness (QED) is 0.282. The fourth-order valence-electron chi connectivity index (χ4n) is 0.324. The van der Waals surface area contributed by atoms with Crippen molar-refractivity contribution < 1.29 is 9.90 Å². The van der Waals surface area contributed by atoms with E-state index < -0.39 is 12.0 Å². The minimum atomic E-state index is -1.13. The first kappa shape index (κ1) is 7.90. The van der Waals surface area contributed by atoms with Crippen LogP contribution in [-0.2, 0) is 4.79 Å². The Morgan fingerprint density at radius 2 is 2.22 bits per heavy atom. The predicted octanol–water partition coefficient (Wildman–Crippen LogP) is -1.28. The van der Waals surface area contributed by atoms with Gasteiger partial charge in [0.15, 0.2) is 0 Å². The Hall–Kier alpha value is -1.10. The fourth-order valence-corrected chi connectivity index (χ4v) is 0.324. The van der Waals surface area contributed by atoms with Crippen molar-refractivity contribution >= 4 is 11.8 Å². The van der Waals surface area contributed by atoms with Crippen LogP contribution in [0, 0.1) is 5.41 Å². The molecular formula is C4H9N3O2. The number of nitrogens with two attached hydrogens (primary N) is 2. The van der Waals surface area contributed by atoms with E-state index in [1.165, 1.54) is 0 Å². The molecule has 0 saturated heterocycles. The van der Waals surface area contributed by atoms with Crippen LogP contribution >= 0.6 is 0 Å². The Morgan fingerprint density at radius 1 is 1.78 bits per heavy atom. The Labute approximate surface area is 52.2 Å². The standard InChI is InChI=1S/C4H9N3O2/c5-2(4(8)9)1-3(6)7/h2H,1,5H2,(H3,6,7)(H,8,9). The summed E-state index contributed by atoms with van der Waals surface area (Å²) in [5.41, 5.74) is 9.87. The van der Waals surface area contributed by atoms with Crippen molar-refractivity contribution in [2.24, 2.45) is 11.5 Å². The number of carbonyl (C=O) groups is 1. The van der Waals surface area contributed by atoms with Crippen LogP contribution in [0.1, 0.15) is 6.42 Å². The number of amidine groups is 1. The topological polar surface area (TPSA) is 113 Å². The van der Waals surface area contributed by atoms with E-state index in [1.54, 1.807) is 0 Å². The van der Waals surface area contributed by atoms with Crippen molar-refractivity contribution in [2.45, 2.75) is 12.5 Å². The summed E-state index contributed by atoms with van der Waals surface area (Å²) in [6, 6.07) is -1.04. The first-order valence-corrected chi connectivity index (χ1v) is 2.35. The lowest BCUT2D eigenvalue weighted by molar-refractivity contribution is -0.138. The molecule has 0 bridgehead atoms. The number of hydrogen-bond acceptors (Lipinski definition) is 3. The van der Waals surface area contributed by atoms with E-state index in [1.807, 2.05) is 0 Å². The number of carboxylic acids is 1. The minimum Gasteiger partial charge on any atom is -0.480 e. The van der Waals surface area contributed by atoms with Gasteiger partial charge in [0.25, 0.3) is 0 Å². The van der Waals surface area contributed by atoms with Gasteiger partial charge in [0.05, 0.1) is 5.84 Å². The summed E-state index contributed by atoms with van der Waals surface area (Å²) >= 11 is 0. The van der Waals surface area contributed by atoms with E-state index in [0.29, 0.717) is 0 Å². The Bertz CT molecular complexity index is 134. The summed E-state index contributed by atoms with van der Waals surface area (Å²) in [6.45, 7) is 0. The van der Waals surface area contributed by atoms with Gasteiger partial charge in [0.2, 0.25) is 0 Å². The third-order valence-corrected chi connectivity index (χ3v) is 0.757. The van der Waals surface area contributed by atoms with E-state index in [2.05, 4.69) is 0 Å². The molecule has 0 heterocycles. The summed E-state index contributed by atoms with van der Waals surface area (Å²) in [7, 11) is 0. The van der Waals surface area contributed by atoms with Gasteiger partial charge in [0.1, 0.15) is 6.04 Å². The number of carboxylic acid groups (broad SMARTS) is 1. The van der Waals surface area contributed by atoms with Gasteiger partial charge in [-0.3, -0.25) is 10.2 Å². The number of aliphatic carboxylic acids is 1. The van der Waals surface area contributed by atoms with Gasteiger partial charge in [-0.1, -0.05) is 0 Å². The van der Waals surface area contributed by atoms with Gasteiger partial charge in [-0.25, -0.2) is 0 Å². The van der Waals surface area contributed by atoms with E-state index in [0.717, 1.165) is 0 Å². The monoisotopic (exact) mass is 131 g/mol. The maximum absolute atomic E-state index is 9.96. The second-order valence-corrected chi connectivity index (χ2v) is 1.67. The first-order chi connectivity index (χ1) is 4.04. The third kappa shape index (κ3) is 3.48. The molecule has 52 valence electrons. The molecule has 0 saturated carbocycles. The van der Waals surface area contributed by atoms with Crippen molar-refractivity contribution in [1.82, 2.24) is 0 Å². The smallest absolute Gasteiger partial charge is 0.320 e. The van der Waals surface area contributed by atoms with E-state index in [4.69, 9.17) is 22.0 Å². The average Bonchev–Trinajstić information content (AvgIpc) is 1.63. The van der Waals surface area contributed by atoms with Crippen LogP contribution < -0.4 is 11.5 Å². The highest BCUT2D eigenvalue weighted by atomic mass is 16.4. The van der Waals surface area contributed by atoms with Crippen LogP contribution in [-0.4, -0.2) is 23.0 Å². The van der Waals surface area contributed by atoms with E-state index in [9.17, 15) is 4.79 Å². The summed E-state index contributed by atoms with van der Waals surface area (Å²) in [5, 5.41) is 14.8. The molecule has 0 fully saturated rings. The molecule has 5 nitrogen and oxygen atoms in total. The van der Waals surface area contributed by atoms with Crippen LogP contribution in [0.5, 0.6) is 0 Å². The average molecular weight is 131 g/mol. The van der Waals surface area contributed by atoms with E-state index in [-0.39, 0.29) is 12.3 Å². The highest BCUT2D eigenvalue weighted by Crippen LogP contribution is 1.84. The second kappa shape index (κ2) is 3.03. The summed E-state index contributed by atoms with van der Waals surface area (Å²) < 4.78 is 0. The molecule has 6 N–H and O–H groups in total. The summed E-state index contributed by atoms with van der Waals surface area (Å²) in [5.74, 6) is -1.34. The van der Waals surface area contributed by atoms with Crippen LogP contribution in [0.25, 0.3) is 0 Å². The van der Waals surface area contributed by atoms with Crippen molar-refractivity contribution in [3.63, 3.8) is 0 Å². The molecule has 5 heteroatoms. The molecule has 0 spiro atoms. The number of nitrogens with one attached hydrogen (secondary N) is 1. The van der Waals surface area contributed by atoms with Crippen LogP contribution in [0.3, 0.4) is 0 Å². The Balaban J connectivity index is 3.63. The molecule has 0 rings (SSSR count). The SMILES string of the molecule is N=C(N)CC(N)C(=O)O. The van der Waals surface area contributed by atoms with Crippen LogP contribution in [0.2, 0.25) is 0 Å². The predicted molar refractivity (Wildman–Crippen MR) is 32.1 cm³/mol. The molecule has 0 aliphatic rings. The number of hydrogen-bond donors (Lipinski definition) is 4. The summed E-state index contributed by atoms with van der Waals surface area (Å²) in [4.78, 5) is 9.96. The molecule has 1 unspecified atom stereocenters. The first-order valence-electron chi connectivity index (χ1n) is 2.35. The Kier molecular flexibility index (Phi) is 2.66. The van der Waals surface area contributed by atoms with Crippen LogP contribution in [0.4, 0.5) is 0 Å². The zero-order valence-electron chi connectivity index (χ0n) is 4.79. The summed E-state index contributed by atoms with van der Waals surface area (Å²) in [6.07, 6.45) is -0.0880. The lowest BCUT2D eigenvalue weighted by Gasteiger charge is -2.01. The van der Waals surface area contributed by atoms with Gasteiger partial charge < -0.3 is 16.6 Å². The van der Waals surface area contributed by atoms with Crippen molar-refractivity contribution in [1.29, 1.82) is 5.41 Å². The molecule has 0 aromatic carbocycles. The zero-order chi connectivity index (χ0) is 7.44. The second-order valence-electron chi connectivity index (χ2n) is 1.67. The normalized spacial score (nSPS) is 12.6. The highest BCUT2D eigenvalue weighted by molar-refractivity contribution is 5.84. The molecule has 9 heavy (non-hydrogen) atoms. The lowest BCUT2D eigenvalue weighted by Crippen LogP contribution is -2.34. The molecule has 0 aromatic rings. The van der Waals surface area contributed by atoms with Gasteiger partial charge in [0, 0.05) is 6.42 Å². The van der Waals surface area contributed by atoms with Gasteiger partial charge in [-0.15, -0.1) is 0 Å². The van der Waals surface area contributed by atoms with Gasteiger partial charge in [-0.2, -0.15) is 0 Å². The minimum absolute atomic E-state index is 0.0880. The third-order valence-electron chi connectivity index (χ3n) is 0.757. The van der Waals surface area contributed by atoms with Gasteiger partial charge in [-0.05, 0) is 0 Å². The largest absolute Gasteiger partial charge is 0.480 e. The van der Waals surface area contributed by atoms with Crippen molar-refractivity contribution in [2.75, 3.05) is 0 Å². The molecule has 1 atom stereocenters. The molecule has 0 aliphatic carbocycles. The molecule has 0 aliphatic heterocycles. The van der Waals surface area contributed by atoms with Gasteiger partial charge >= 0.3 is 5.97 Å². The van der Waals surface area contributed by atoms with Crippen molar-refractivity contribution in [3.05, 3.63) is 0 Å². The molecule has 0 amide bonds. The molecule has 0 radical (unpaired) electrons. The lowest BCUT2D eigenvalue weighted by atomic mass is 10.2. The Morgan fingerprint density at radius 3 is 2.33 bits per heavy atom.